The number of benzene rings is 3. The van der Waals surface area contributed by atoms with Gasteiger partial charge in [0.25, 0.3) is 10.1 Å². The van der Waals surface area contributed by atoms with Crippen LogP contribution < -0.4 is 5.73 Å². The Morgan fingerprint density at radius 1 is 1.03 bits per heavy atom. The predicted octanol–water partition coefficient (Wildman–Crippen LogP) is 5.85. The van der Waals surface area contributed by atoms with Crippen LogP contribution in [-0.2, 0) is 29.1 Å². The van der Waals surface area contributed by atoms with Crippen LogP contribution >= 0.6 is 11.8 Å². The quantitative estimate of drug-likeness (QED) is 0.329. The van der Waals surface area contributed by atoms with Gasteiger partial charge < -0.3 is 5.73 Å². The first-order chi connectivity index (χ1) is 15.6. The van der Waals surface area contributed by atoms with Gasteiger partial charge in [-0.25, -0.2) is 0 Å². The fraction of sp³-hybridized carbons (Fsp3) is 0.250. The lowest BCUT2D eigenvalue weighted by Gasteiger charge is -2.24. The molecule has 2 aliphatic rings. The normalized spacial score (nSPS) is 18.5. The number of fused-ring (bicyclic) bond motifs is 5. The van der Waals surface area contributed by atoms with Gasteiger partial charge in [0, 0.05) is 11.8 Å². The summed E-state index contributed by atoms with van der Waals surface area (Å²) in [5, 5.41) is 4.18. The molecule has 9 heteroatoms. The van der Waals surface area contributed by atoms with Crippen LogP contribution in [0, 0.1) is 0 Å². The third kappa shape index (κ3) is 5.11. The molecule has 3 aromatic rings. The average molecular weight is 494 g/mol. The molecule has 0 amide bonds. The van der Waals surface area contributed by atoms with E-state index in [-0.39, 0.29) is 16.3 Å². The molecule has 1 unspecified atom stereocenters. The Bertz CT molecular complexity index is 1380. The monoisotopic (exact) mass is 493 g/mol. The van der Waals surface area contributed by atoms with Crippen LogP contribution in [0.15, 0.2) is 64.9 Å². The molecule has 3 N–H and O–H groups in total. The van der Waals surface area contributed by atoms with E-state index in [1.807, 2.05) is 12.1 Å². The van der Waals surface area contributed by atoms with Crippen molar-refractivity contribution in [1.82, 2.24) is 0 Å². The van der Waals surface area contributed by atoms with E-state index < -0.39 is 21.9 Å². The first-order valence-electron chi connectivity index (χ1n) is 10.3. The summed E-state index contributed by atoms with van der Waals surface area (Å²) in [6.45, 7) is 0. The van der Waals surface area contributed by atoms with Crippen molar-refractivity contribution in [3.8, 4) is 0 Å². The minimum absolute atomic E-state index is 0.00810. The van der Waals surface area contributed by atoms with Gasteiger partial charge in [0.1, 0.15) is 0 Å². The molecule has 5 rings (SSSR count). The van der Waals surface area contributed by atoms with Crippen molar-refractivity contribution in [1.29, 1.82) is 0 Å². The molecule has 33 heavy (non-hydrogen) atoms. The van der Waals surface area contributed by atoms with E-state index >= 15 is 0 Å². The maximum atomic E-state index is 13.5. The first kappa shape index (κ1) is 23.8. The highest BCUT2D eigenvalue weighted by Crippen LogP contribution is 2.41. The fourth-order valence-electron chi connectivity index (χ4n) is 4.28. The summed E-state index contributed by atoms with van der Waals surface area (Å²) in [7, 11) is -3.96. The van der Waals surface area contributed by atoms with Gasteiger partial charge in [0.15, 0.2) is 0 Å². The standard InChI is InChI=1S/C19H16F3N.C5H6O3S2/c20-19(21,22)18-10-17-13-8-6-12(23)9-11(13)5-7-15(17)14-3-1-2-4-16(14)18;6-10(7,8)5-1-3-9-4-2-5/h1-5,7,10,12H,6,8-9,23H2;1-3H,4H2,(H,6,7,8). The number of nitrogens with two attached hydrogens (primary N) is 1. The molecular weight excluding hydrogens is 471 g/mol. The van der Waals surface area contributed by atoms with Crippen LogP contribution in [0.4, 0.5) is 13.2 Å². The summed E-state index contributed by atoms with van der Waals surface area (Å²) in [5.74, 6) is 0.603. The van der Waals surface area contributed by atoms with Crippen molar-refractivity contribution in [2.24, 2.45) is 5.73 Å². The molecule has 0 saturated heterocycles. The van der Waals surface area contributed by atoms with Crippen LogP contribution in [0.2, 0.25) is 0 Å². The zero-order chi connectivity index (χ0) is 23.8. The van der Waals surface area contributed by atoms with E-state index in [0.29, 0.717) is 11.1 Å². The van der Waals surface area contributed by atoms with Crippen molar-refractivity contribution >= 4 is 43.4 Å². The Kier molecular flexibility index (Phi) is 6.59. The second-order valence-electron chi connectivity index (χ2n) is 7.99. The topological polar surface area (TPSA) is 80.4 Å². The summed E-state index contributed by atoms with van der Waals surface area (Å²) < 4.78 is 69.9. The second-order valence-corrected chi connectivity index (χ2v) is 10.3. The summed E-state index contributed by atoms with van der Waals surface area (Å²) in [5.41, 5.74) is 7.56. The Labute approximate surface area is 194 Å². The van der Waals surface area contributed by atoms with Gasteiger partial charge >= 0.3 is 6.18 Å². The first-order valence-corrected chi connectivity index (χ1v) is 12.8. The lowest BCUT2D eigenvalue weighted by atomic mass is 9.83. The number of hydrogen-bond donors (Lipinski definition) is 2. The molecule has 174 valence electrons. The van der Waals surface area contributed by atoms with E-state index in [0.717, 1.165) is 41.2 Å². The maximum absolute atomic E-state index is 13.5. The van der Waals surface area contributed by atoms with Crippen LogP contribution in [0.3, 0.4) is 0 Å². The van der Waals surface area contributed by atoms with Crippen LogP contribution in [0.25, 0.3) is 21.5 Å². The number of thioether (sulfide) groups is 1. The van der Waals surface area contributed by atoms with Crippen molar-refractivity contribution < 1.29 is 26.1 Å². The molecule has 0 radical (unpaired) electrons. The molecule has 0 fully saturated rings. The van der Waals surface area contributed by atoms with Crippen molar-refractivity contribution in [3.05, 3.63) is 81.6 Å². The van der Waals surface area contributed by atoms with Gasteiger partial charge in [-0.2, -0.15) is 21.6 Å². The van der Waals surface area contributed by atoms with E-state index in [1.165, 1.54) is 30.0 Å². The highest BCUT2D eigenvalue weighted by Gasteiger charge is 2.33. The molecular formula is C24H22F3NO3S2. The summed E-state index contributed by atoms with van der Waals surface area (Å²) >= 11 is 1.48. The molecule has 1 aliphatic carbocycles. The zero-order valence-corrected chi connectivity index (χ0v) is 19.1. The SMILES string of the molecule is NC1CCc2c(ccc3c2cc(C(F)(F)F)c2ccccc23)C1.O=S(=O)(O)C1=CCSC=C1. The molecule has 4 nitrogen and oxygen atoms in total. The number of hydrogen-bond acceptors (Lipinski definition) is 4. The summed E-state index contributed by atoms with van der Waals surface area (Å²) in [4.78, 5) is -0.00810. The van der Waals surface area contributed by atoms with Crippen molar-refractivity contribution in [2.45, 2.75) is 31.5 Å². The molecule has 0 bridgehead atoms. The average Bonchev–Trinajstić information content (AvgIpc) is 2.78. The zero-order valence-electron chi connectivity index (χ0n) is 17.5. The Morgan fingerprint density at radius 2 is 1.73 bits per heavy atom. The molecule has 1 heterocycles. The maximum Gasteiger partial charge on any atom is 0.417 e. The lowest BCUT2D eigenvalue weighted by molar-refractivity contribution is -0.136. The van der Waals surface area contributed by atoms with Gasteiger partial charge in [0.05, 0.1) is 10.5 Å². The van der Waals surface area contributed by atoms with Gasteiger partial charge in [-0.05, 0) is 69.5 Å². The molecule has 0 aromatic heterocycles. The third-order valence-corrected chi connectivity index (χ3v) is 7.40. The van der Waals surface area contributed by atoms with E-state index in [9.17, 15) is 21.6 Å². The lowest BCUT2D eigenvalue weighted by Crippen LogP contribution is -2.27. The largest absolute Gasteiger partial charge is 0.417 e. The number of allylic oxidation sites excluding steroid dienone is 1. The molecule has 0 spiro atoms. The predicted molar refractivity (Wildman–Crippen MR) is 128 cm³/mol. The summed E-state index contributed by atoms with van der Waals surface area (Å²) in [6.07, 6.45) is 0.786. The molecule has 3 aromatic carbocycles. The number of rotatable bonds is 1. The third-order valence-electron chi connectivity index (χ3n) is 5.81. The Balaban J connectivity index is 0.000000219. The Hall–Kier alpha value is -2.33. The Morgan fingerprint density at radius 3 is 2.33 bits per heavy atom. The number of aryl methyl sites for hydroxylation is 1. The van der Waals surface area contributed by atoms with E-state index in [1.54, 1.807) is 29.7 Å². The smallest absolute Gasteiger partial charge is 0.327 e. The molecule has 1 aliphatic heterocycles. The van der Waals surface area contributed by atoms with Crippen LogP contribution in [0.5, 0.6) is 0 Å². The number of alkyl halides is 3. The minimum Gasteiger partial charge on any atom is -0.327 e. The molecule has 0 saturated carbocycles. The van der Waals surface area contributed by atoms with Gasteiger partial charge in [-0.1, -0.05) is 42.5 Å². The second kappa shape index (κ2) is 9.13. The highest BCUT2D eigenvalue weighted by molar-refractivity contribution is 8.02. The molecule has 1 atom stereocenters. The minimum atomic E-state index is -4.36. The van der Waals surface area contributed by atoms with E-state index in [2.05, 4.69) is 0 Å². The van der Waals surface area contributed by atoms with Crippen LogP contribution in [0.1, 0.15) is 23.1 Å². The highest BCUT2D eigenvalue weighted by atomic mass is 32.2. The summed E-state index contributed by atoms with van der Waals surface area (Å²) in [6, 6.07) is 12.2. The van der Waals surface area contributed by atoms with Gasteiger partial charge in [-0.15, -0.1) is 11.8 Å². The fourth-order valence-corrected chi connectivity index (χ4v) is 5.64. The van der Waals surface area contributed by atoms with E-state index in [4.69, 9.17) is 10.3 Å². The number of halogens is 3. The van der Waals surface area contributed by atoms with Crippen LogP contribution in [-0.4, -0.2) is 24.8 Å². The van der Waals surface area contributed by atoms with Gasteiger partial charge in [0.2, 0.25) is 0 Å². The van der Waals surface area contributed by atoms with Gasteiger partial charge in [-0.3, -0.25) is 4.55 Å². The van der Waals surface area contributed by atoms with Crippen molar-refractivity contribution in [2.75, 3.05) is 5.75 Å². The van der Waals surface area contributed by atoms with Crippen molar-refractivity contribution in [3.63, 3.8) is 0 Å².